The van der Waals surface area contributed by atoms with E-state index in [-0.39, 0.29) is 5.54 Å². The van der Waals surface area contributed by atoms with E-state index >= 15 is 0 Å². The molecule has 0 radical (unpaired) electrons. The van der Waals surface area contributed by atoms with Crippen molar-refractivity contribution in [3.05, 3.63) is 0 Å². The Hall–Kier alpha value is -0.0800. The summed E-state index contributed by atoms with van der Waals surface area (Å²) in [4.78, 5) is 0. The molecule has 16 heavy (non-hydrogen) atoms. The van der Waals surface area contributed by atoms with E-state index in [1.54, 1.807) is 0 Å². The zero-order valence-electron chi connectivity index (χ0n) is 11.5. The fourth-order valence-electron chi connectivity index (χ4n) is 3.27. The zero-order valence-corrected chi connectivity index (χ0v) is 11.5. The van der Waals surface area contributed by atoms with Gasteiger partial charge in [0.2, 0.25) is 0 Å². The fraction of sp³-hybridized carbons (Fsp3) is 1.00. The van der Waals surface area contributed by atoms with Crippen molar-refractivity contribution in [2.75, 3.05) is 13.2 Å². The SMILES string of the molecule is CCOCCC1(N)CCCCC1C(C)(C)C. The molecule has 2 atom stereocenters. The van der Waals surface area contributed by atoms with Crippen molar-refractivity contribution in [1.29, 1.82) is 0 Å². The minimum absolute atomic E-state index is 0.00563. The normalized spacial score (nSPS) is 31.7. The van der Waals surface area contributed by atoms with Gasteiger partial charge in [0.05, 0.1) is 0 Å². The van der Waals surface area contributed by atoms with Crippen LogP contribution in [0.2, 0.25) is 0 Å². The molecule has 2 unspecified atom stereocenters. The second kappa shape index (κ2) is 5.50. The van der Waals surface area contributed by atoms with Crippen molar-refractivity contribution in [3.8, 4) is 0 Å². The Morgan fingerprint density at radius 2 is 2.00 bits per heavy atom. The summed E-state index contributed by atoms with van der Waals surface area (Å²) in [5.74, 6) is 0.634. The minimum atomic E-state index is 0.00563. The fourth-order valence-corrected chi connectivity index (χ4v) is 3.27. The highest BCUT2D eigenvalue weighted by Gasteiger charge is 2.42. The predicted octanol–water partition coefficient (Wildman–Crippen LogP) is 3.35. The van der Waals surface area contributed by atoms with Crippen molar-refractivity contribution in [2.24, 2.45) is 17.1 Å². The summed E-state index contributed by atoms with van der Waals surface area (Å²) in [7, 11) is 0. The lowest BCUT2D eigenvalue weighted by Gasteiger charge is -2.48. The summed E-state index contributed by atoms with van der Waals surface area (Å²) in [6.45, 7) is 10.6. The Balaban J connectivity index is 2.64. The molecule has 0 spiro atoms. The Labute approximate surface area is 101 Å². The quantitative estimate of drug-likeness (QED) is 0.748. The van der Waals surface area contributed by atoms with E-state index in [0.717, 1.165) is 19.6 Å². The molecule has 96 valence electrons. The van der Waals surface area contributed by atoms with E-state index in [2.05, 4.69) is 20.8 Å². The van der Waals surface area contributed by atoms with Crippen molar-refractivity contribution in [3.63, 3.8) is 0 Å². The van der Waals surface area contributed by atoms with Gasteiger partial charge in [-0.1, -0.05) is 33.6 Å². The highest BCUT2D eigenvalue weighted by atomic mass is 16.5. The third-order valence-corrected chi connectivity index (χ3v) is 4.04. The van der Waals surface area contributed by atoms with E-state index in [1.165, 1.54) is 25.7 Å². The Bertz CT molecular complexity index is 209. The number of hydrogen-bond acceptors (Lipinski definition) is 2. The highest BCUT2D eigenvalue weighted by Crippen LogP contribution is 2.44. The van der Waals surface area contributed by atoms with Crippen LogP contribution in [0.1, 0.15) is 59.8 Å². The second-order valence-electron chi connectivity index (χ2n) is 6.34. The van der Waals surface area contributed by atoms with Crippen LogP contribution in [0.5, 0.6) is 0 Å². The van der Waals surface area contributed by atoms with Crippen LogP contribution < -0.4 is 5.73 Å². The molecule has 0 saturated heterocycles. The van der Waals surface area contributed by atoms with Gasteiger partial charge in [-0.3, -0.25) is 0 Å². The van der Waals surface area contributed by atoms with E-state index in [1.807, 2.05) is 6.92 Å². The molecule has 1 rings (SSSR count). The first-order valence-corrected chi connectivity index (χ1v) is 6.77. The van der Waals surface area contributed by atoms with E-state index in [0.29, 0.717) is 11.3 Å². The standard InChI is InChI=1S/C14H29NO/c1-5-16-11-10-14(15)9-7-6-8-12(14)13(2,3)4/h12H,5-11,15H2,1-4H3. The van der Waals surface area contributed by atoms with Gasteiger partial charge < -0.3 is 10.5 Å². The molecule has 0 aromatic heterocycles. The first-order valence-electron chi connectivity index (χ1n) is 6.77. The maximum absolute atomic E-state index is 6.65. The Kier molecular flexibility index (Phi) is 4.81. The van der Waals surface area contributed by atoms with Crippen LogP contribution in [-0.4, -0.2) is 18.8 Å². The average Bonchev–Trinajstić information content (AvgIpc) is 2.16. The predicted molar refractivity (Wildman–Crippen MR) is 69.4 cm³/mol. The molecule has 1 saturated carbocycles. The van der Waals surface area contributed by atoms with Gasteiger partial charge >= 0.3 is 0 Å². The molecule has 2 heteroatoms. The summed E-state index contributed by atoms with van der Waals surface area (Å²) in [5.41, 5.74) is 6.98. The van der Waals surface area contributed by atoms with Gasteiger partial charge in [0, 0.05) is 18.8 Å². The number of nitrogens with two attached hydrogens (primary N) is 1. The van der Waals surface area contributed by atoms with Gasteiger partial charge in [0.1, 0.15) is 0 Å². The van der Waals surface area contributed by atoms with Gasteiger partial charge in [-0.05, 0) is 37.5 Å². The molecular formula is C14H29NO. The number of ether oxygens (including phenoxy) is 1. The largest absolute Gasteiger partial charge is 0.382 e. The lowest BCUT2D eigenvalue weighted by molar-refractivity contribution is 0.0427. The van der Waals surface area contributed by atoms with Crippen molar-refractivity contribution in [2.45, 2.75) is 65.3 Å². The maximum Gasteiger partial charge on any atom is 0.0483 e. The maximum atomic E-state index is 6.65. The van der Waals surface area contributed by atoms with Crippen molar-refractivity contribution in [1.82, 2.24) is 0 Å². The van der Waals surface area contributed by atoms with E-state index in [4.69, 9.17) is 10.5 Å². The number of rotatable bonds is 4. The first kappa shape index (κ1) is 14.0. The van der Waals surface area contributed by atoms with Crippen LogP contribution in [-0.2, 0) is 4.74 Å². The van der Waals surface area contributed by atoms with Gasteiger partial charge in [0.15, 0.2) is 0 Å². The molecule has 2 nitrogen and oxygen atoms in total. The van der Waals surface area contributed by atoms with E-state index < -0.39 is 0 Å². The molecule has 0 aromatic carbocycles. The molecule has 1 aliphatic carbocycles. The monoisotopic (exact) mass is 227 g/mol. The summed E-state index contributed by atoms with van der Waals surface area (Å²) in [6, 6.07) is 0. The van der Waals surface area contributed by atoms with Crippen molar-refractivity contribution < 1.29 is 4.74 Å². The first-order chi connectivity index (χ1) is 7.40. The van der Waals surface area contributed by atoms with E-state index in [9.17, 15) is 0 Å². The smallest absolute Gasteiger partial charge is 0.0483 e. The Morgan fingerprint density at radius 1 is 1.31 bits per heavy atom. The van der Waals surface area contributed by atoms with Gasteiger partial charge in [-0.2, -0.15) is 0 Å². The second-order valence-corrected chi connectivity index (χ2v) is 6.34. The lowest BCUT2D eigenvalue weighted by Crippen LogP contribution is -2.54. The summed E-state index contributed by atoms with van der Waals surface area (Å²) >= 11 is 0. The average molecular weight is 227 g/mol. The molecule has 0 bridgehead atoms. The van der Waals surface area contributed by atoms with Crippen molar-refractivity contribution >= 4 is 0 Å². The van der Waals surface area contributed by atoms with Crippen LogP contribution in [0, 0.1) is 11.3 Å². The molecule has 1 aliphatic rings. The van der Waals surface area contributed by atoms with Gasteiger partial charge in [-0.25, -0.2) is 0 Å². The molecule has 0 amide bonds. The summed E-state index contributed by atoms with van der Waals surface area (Å²) in [5, 5.41) is 0. The van der Waals surface area contributed by atoms with Crippen LogP contribution in [0.4, 0.5) is 0 Å². The lowest BCUT2D eigenvalue weighted by atomic mass is 9.61. The molecule has 1 fully saturated rings. The summed E-state index contributed by atoms with van der Waals surface area (Å²) < 4.78 is 5.48. The molecule has 2 N–H and O–H groups in total. The van der Waals surface area contributed by atoms with Gasteiger partial charge in [0.25, 0.3) is 0 Å². The molecule has 0 aliphatic heterocycles. The van der Waals surface area contributed by atoms with Crippen LogP contribution in [0.25, 0.3) is 0 Å². The zero-order chi connectivity index (χ0) is 12.2. The van der Waals surface area contributed by atoms with Crippen LogP contribution in [0.3, 0.4) is 0 Å². The van der Waals surface area contributed by atoms with Crippen LogP contribution >= 0.6 is 0 Å². The molecular weight excluding hydrogens is 198 g/mol. The van der Waals surface area contributed by atoms with Gasteiger partial charge in [-0.15, -0.1) is 0 Å². The molecule has 0 heterocycles. The number of hydrogen-bond donors (Lipinski definition) is 1. The Morgan fingerprint density at radius 3 is 2.56 bits per heavy atom. The summed E-state index contributed by atoms with van der Waals surface area (Å²) in [6.07, 6.45) is 6.10. The third-order valence-electron chi connectivity index (χ3n) is 4.04. The third kappa shape index (κ3) is 3.46. The molecule has 0 aromatic rings. The highest BCUT2D eigenvalue weighted by molar-refractivity contribution is 4.98. The van der Waals surface area contributed by atoms with Crippen LogP contribution in [0.15, 0.2) is 0 Å². The topological polar surface area (TPSA) is 35.2 Å². The minimum Gasteiger partial charge on any atom is -0.382 e.